The Balaban J connectivity index is 5.23. The zero-order chi connectivity index (χ0) is 78.3. The summed E-state index contributed by atoms with van der Waals surface area (Å²) >= 11 is 0. The Morgan fingerprint density at radius 2 is 0.430 bits per heavy atom. The highest BCUT2D eigenvalue weighted by Crippen LogP contribution is 2.45. The molecule has 0 rings (SSSR count). The molecule has 2 unspecified atom stereocenters. The van der Waals surface area contributed by atoms with Gasteiger partial charge in [0.05, 0.1) is 26.4 Å². The molecule has 0 fully saturated rings. The van der Waals surface area contributed by atoms with Gasteiger partial charge in [-0.25, -0.2) is 9.13 Å². The normalized spacial score (nSPS) is 13.7. The van der Waals surface area contributed by atoms with Crippen LogP contribution in [0, 0.1) is 5.92 Å². The number of carbonyl (C=O) groups is 4. The summed E-state index contributed by atoms with van der Waals surface area (Å²) in [7, 11) is -9.93. The lowest BCUT2D eigenvalue weighted by atomic mass is 10.0. The fourth-order valence-corrected chi connectivity index (χ4v) is 15.4. The van der Waals surface area contributed by atoms with Gasteiger partial charge in [0.1, 0.15) is 19.3 Å². The minimum Gasteiger partial charge on any atom is -0.462 e. The largest absolute Gasteiger partial charge is 0.472 e. The van der Waals surface area contributed by atoms with Crippen molar-refractivity contribution >= 4 is 39.5 Å². The Morgan fingerprint density at radius 1 is 0.252 bits per heavy atom. The van der Waals surface area contributed by atoms with Crippen molar-refractivity contribution in [1.29, 1.82) is 0 Å². The van der Waals surface area contributed by atoms with Crippen molar-refractivity contribution in [2.75, 3.05) is 39.6 Å². The number of hydrogen-bond acceptors (Lipinski definition) is 15. The Morgan fingerprint density at radius 3 is 0.636 bits per heavy atom. The molecule has 0 aliphatic heterocycles. The highest BCUT2D eigenvalue weighted by molar-refractivity contribution is 7.47. The second kappa shape index (κ2) is 80.7. The van der Waals surface area contributed by atoms with E-state index in [1.54, 1.807) is 0 Å². The topological polar surface area (TPSA) is 237 Å². The van der Waals surface area contributed by atoms with Gasteiger partial charge in [0.15, 0.2) is 12.2 Å². The molecule has 0 saturated carbocycles. The van der Waals surface area contributed by atoms with Crippen molar-refractivity contribution in [2.45, 2.75) is 496 Å². The first-order chi connectivity index (χ1) is 52.0. The van der Waals surface area contributed by atoms with Crippen LogP contribution in [0.15, 0.2) is 0 Å². The molecule has 107 heavy (non-hydrogen) atoms. The first-order valence-corrected chi connectivity index (χ1v) is 48.6. The van der Waals surface area contributed by atoms with Gasteiger partial charge in [-0.05, 0) is 31.6 Å². The summed E-state index contributed by atoms with van der Waals surface area (Å²) in [5.41, 5.74) is 0. The fraction of sp³-hybridized carbons (Fsp3) is 0.955. The molecule has 0 aromatic rings. The predicted octanol–water partition coefficient (Wildman–Crippen LogP) is 27.2. The van der Waals surface area contributed by atoms with Crippen molar-refractivity contribution in [3.63, 3.8) is 0 Å². The molecule has 0 saturated heterocycles. The highest BCUT2D eigenvalue weighted by Gasteiger charge is 2.30. The molecular formula is C88H172O17P2. The third kappa shape index (κ3) is 81.9. The molecule has 0 aromatic carbocycles. The number of rotatable bonds is 88. The number of aliphatic hydroxyl groups is 1. The zero-order valence-electron chi connectivity index (χ0n) is 70.3. The predicted molar refractivity (Wildman–Crippen MR) is 442 cm³/mol. The molecule has 17 nitrogen and oxygen atoms in total. The van der Waals surface area contributed by atoms with E-state index in [4.69, 9.17) is 37.0 Å². The Kier molecular flexibility index (Phi) is 79.2. The lowest BCUT2D eigenvalue weighted by Crippen LogP contribution is -2.30. The summed E-state index contributed by atoms with van der Waals surface area (Å²) in [5.74, 6) is -1.33. The van der Waals surface area contributed by atoms with Crippen LogP contribution < -0.4 is 0 Å². The number of ether oxygens (including phenoxy) is 4. The average Bonchev–Trinajstić information content (AvgIpc) is 0.902. The van der Waals surface area contributed by atoms with Crippen LogP contribution in [0.25, 0.3) is 0 Å². The monoisotopic (exact) mass is 1560 g/mol. The number of phosphoric acid groups is 2. The van der Waals surface area contributed by atoms with Gasteiger partial charge in [-0.15, -0.1) is 0 Å². The Bertz CT molecular complexity index is 2030. The summed E-state index contributed by atoms with van der Waals surface area (Å²) in [4.78, 5) is 73.3. The molecule has 0 aromatic heterocycles. The van der Waals surface area contributed by atoms with Crippen molar-refractivity contribution in [3.05, 3.63) is 0 Å². The third-order valence-electron chi connectivity index (χ3n) is 20.8. The minimum absolute atomic E-state index is 0.107. The maximum Gasteiger partial charge on any atom is 0.472 e. The molecule has 5 atom stereocenters. The van der Waals surface area contributed by atoms with Crippen molar-refractivity contribution in [3.8, 4) is 0 Å². The van der Waals surface area contributed by atoms with Crippen LogP contribution in [0.1, 0.15) is 478 Å². The Hall–Kier alpha value is -1.94. The molecular weight excluding hydrogens is 1390 g/mol. The summed E-state index contributed by atoms with van der Waals surface area (Å²) in [6.45, 7) is 7.37. The summed E-state index contributed by atoms with van der Waals surface area (Å²) in [6, 6.07) is 0. The van der Waals surface area contributed by atoms with Gasteiger partial charge in [-0.2, -0.15) is 0 Å². The quantitative estimate of drug-likeness (QED) is 0.0222. The molecule has 636 valence electrons. The summed E-state index contributed by atoms with van der Waals surface area (Å²) < 4.78 is 69.0. The average molecular weight is 1560 g/mol. The van der Waals surface area contributed by atoms with Crippen LogP contribution in [0.2, 0.25) is 0 Å². The Labute approximate surface area is 658 Å². The van der Waals surface area contributed by atoms with E-state index in [0.717, 1.165) is 95.8 Å². The second-order valence-corrected chi connectivity index (χ2v) is 35.0. The molecule has 0 radical (unpaired) electrons. The van der Waals surface area contributed by atoms with Gasteiger partial charge in [-0.3, -0.25) is 37.3 Å². The number of carbonyl (C=O) groups excluding carboxylic acids is 4. The molecule has 0 aliphatic carbocycles. The van der Waals surface area contributed by atoms with E-state index in [-0.39, 0.29) is 25.7 Å². The van der Waals surface area contributed by atoms with Gasteiger partial charge in [0, 0.05) is 25.7 Å². The maximum absolute atomic E-state index is 13.2. The summed E-state index contributed by atoms with van der Waals surface area (Å²) in [6.07, 6.45) is 75.1. The molecule has 0 spiro atoms. The lowest BCUT2D eigenvalue weighted by molar-refractivity contribution is -0.161. The van der Waals surface area contributed by atoms with E-state index in [9.17, 15) is 43.2 Å². The molecule has 0 aliphatic rings. The number of phosphoric ester groups is 2. The lowest BCUT2D eigenvalue weighted by Gasteiger charge is -2.21. The minimum atomic E-state index is -4.97. The van der Waals surface area contributed by atoms with Crippen molar-refractivity contribution in [1.82, 2.24) is 0 Å². The van der Waals surface area contributed by atoms with Crippen LogP contribution in [0.5, 0.6) is 0 Å². The maximum atomic E-state index is 13.2. The molecule has 0 amide bonds. The van der Waals surface area contributed by atoms with Gasteiger partial charge < -0.3 is 33.8 Å². The van der Waals surface area contributed by atoms with Crippen LogP contribution in [-0.4, -0.2) is 96.7 Å². The number of unbranched alkanes of at least 4 members (excludes halogenated alkanes) is 60. The first kappa shape index (κ1) is 105. The van der Waals surface area contributed by atoms with Crippen molar-refractivity contribution < 1.29 is 80.2 Å². The van der Waals surface area contributed by atoms with E-state index < -0.39 is 97.5 Å². The molecule has 0 bridgehead atoms. The third-order valence-corrected chi connectivity index (χ3v) is 22.7. The van der Waals surface area contributed by atoms with Gasteiger partial charge in [0.25, 0.3) is 0 Å². The number of hydrogen-bond donors (Lipinski definition) is 3. The van der Waals surface area contributed by atoms with Gasteiger partial charge in [-0.1, -0.05) is 426 Å². The second-order valence-electron chi connectivity index (χ2n) is 32.1. The first-order valence-electron chi connectivity index (χ1n) is 45.6. The number of aliphatic hydroxyl groups excluding tert-OH is 1. The van der Waals surface area contributed by atoms with E-state index in [1.807, 2.05) is 0 Å². The highest BCUT2D eigenvalue weighted by atomic mass is 31.2. The van der Waals surface area contributed by atoms with Gasteiger partial charge in [0.2, 0.25) is 0 Å². The van der Waals surface area contributed by atoms with E-state index in [1.165, 1.54) is 302 Å². The standard InChI is InChI=1S/C88H172O17P2/c1-6-9-12-15-18-21-24-27-29-31-33-35-37-39-41-43-48-53-58-63-68-73-87(92)104-83(78-99-86(91)72-67-62-57-52-47-42-40-38-36-34-32-30-28-25-22-19-16-13-10-7-2)79-102-106(94,95)100-75-82(89)76-101-107(96,97)103-80-84(77-98-85(90)71-66-61-56-51-46-26-23-20-17-14-11-8-3)105-88(93)74-69-64-59-54-49-44-45-50-55-60-65-70-81(4)5/h81-84,89H,6-80H2,1-5H3,(H,94,95)(H,96,97)/t82-,83-,84-/m1/s1. The number of esters is 4. The molecule has 19 heteroatoms. The molecule has 3 N–H and O–H groups in total. The summed E-state index contributed by atoms with van der Waals surface area (Å²) in [5, 5.41) is 10.7. The van der Waals surface area contributed by atoms with Gasteiger partial charge >= 0.3 is 39.5 Å². The van der Waals surface area contributed by atoms with E-state index in [2.05, 4.69) is 34.6 Å². The molecule has 0 heterocycles. The van der Waals surface area contributed by atoms with E-state index >= 15 is 0 Å². The van der Waals surface area contributed by atoms with Crippen LogP contribution >= 0.6 is 15.6 Å². The smallest absolute Gasteiger partial charge is 0.462 e. The zero-order valence-corrected chi connectivity index (χ0v) is 72.1. The SMILES string of the molecule is CCCCCCCCCCCCCCCCCCCCCCCC(=O)O[C@H](COC(=O)CCCCCCCCCCCCCCCCCCCCCC)COP(=O)(O)OC[C@@H](O)COP(=O)(O)OC[C@@H](COC(=O)CCCCCCCCCCCCCC)OC(=O)CCCCCCCCCCCCCC(C)C. The van der Waals surface area contributed by atoms with Crippen LogP contribution in [-0.2, 0) is 65.4 Å². The van der Waals surface area contributed by atoms with Crippen LogP contribution in [0.4, 0.5) is 0 Å². The fourth-order valence-electron chi connectivity index (χ4n) is 13.8. The van der Waals surface area contributed by atoms with Crippen molar-refractivity contribution in [2.24, 2.45) is 5.92 Å². The van der Waals surface area contributed by atoms with E-state index in [0.29, 0.717) is 25.7 Å². The van der Waals surface area contributed by atoms with Crippen LogP contribution in [0.3, 0.4) is 0 Å².